The van der Waals surface area contributed by atoms with Crippen LogP contribution < -0.4 is 4.80 Å². The van der Waals surface area contributed by atoms with Crippen molar-refractivity contribution in [2.24, 2.45) is 4.99 Å². The van der Waals surface area contributed by atoms with E-state index in [9.17, 15) is 24.5 Å². The summed E-state index contributed by atoms with van der Waals surface area (Å²) in [5.41, 5.74) is 0.632. The van der Waals surface area contributed by atoms with Gasteiger partial charge in [-0.3, -0.25) is 29.4 Å². The molecule has 10 nitrogen and oxygen atoms in total. The van der Waals surface area contributed by atoms with Crippen molar-refractivity contribution < 1.29 is 24.0 Å². The summed E-state index contributed by atoms with van der Waals surface area (Å²) >= 11 is 1.13. The summed E-state index contributed by atoms with van der Waals surface area (Å²) in [5, 5.41) is 11.0. The largest absolute Gasteiger partial charge is 0.380 e. The van der Waals surface area contributed by atoms with Crippen molar-refractivity contribution in [2.45, 2.75) is 26.3 Å². The number of carbonyl (C=O) groups excluding carboxylic acids is 3. The Balaban J connectivity index is 1.96. The predicted molar refractivity (Wildman–Crippen MR) is 99.5 cm³/mol. The fourth-order valence-electron chi connectivity index (χ4n) is 2.85. The van der Waals surface area contributed by atoms with Crippen molar-refractivity contribution in [2.75, 3.05) is 19.8 Å². The maximum atomic E-state index is 12.3. The highest BCUT2D eigenvalue weighted by Crippen LogP contribution is 2.23. The van der Waals surface area contributed by atoms with Crippen molar-refractivity contribution in [3.63, 3.8) is 0 Å². The molecule has 1 fully saturated rings. The standard InChI is InChI=1S/C17H18N4O6S/c1-2-27-8-7-19-12-4-3-11(21(25)26)9-13(12)28-17(19)18-14(22)10-20-15(23)5-6-16(20)24/h3-4,9H,2,5-8,10H2,1H3. The van der Waals surface area contributed by atoms with Gasteiger partial charge >= 0.3 is 0 Å². The monoisotopic (exact) mass is 406 g/mol. The molecule has 1 aliphatic rings. The summed E-state index contributed by atoms with van der Waals surface area (Å²) in [7, 11) is 0. The first-order valence-electron chi connectivity index (χ1n) is 8.67. The highest BCUT2D eigenvalue weighted by atomic mass is 32.1. The fourth-order valence-corrected chi connectivity index (χ4v) is 3.96. The van der Waals surface area contributed by atoms with E-state index in [0.717, 1.165) is 16.2 Å². The summed E-state index contributed by atoms with van der Waals surface area (Å²) in [6.07, 6.45) is 0.208. The molecule has 0 unspecified atom stereocenters. The normalized spacial score (nSPS) is 15.0. The van der Waals surface area contributed by atoms with Crippen LogP contribution in [0.1, 0.15) is 19.8 Å². The second kappa shape index (κ2) is 8.40. The number of amides is 3. The van der Waals surface area contributed by atoms with Crippen molar-refractivity contribution in [1.82, 2.24) is 9.47 Å². The lowest BCUT2D eigenvalue weighted by Gasteiger charge is -2.10. The molecule has 3 amide bonds. The molecular weight excluding hydrogens is 388 g/mol. The number of nitrogens with zero attached hydrogens (tertiary/aromatic N) is 4. The van der Waals surface area contributed by atoms with E-state index < -0.39 is 17.4 Å². The molecule has 0 atom stereocenters. The Morgan fingerprint density at radius 3 is 2.68 bits per heavy atom. The van der Waals surface area contributed by atoms with Crippen LogP contribution in [0.4, 0.5) is 5.69 Å². The number of fused-ring (bicyclic) bond motifs is 1. The van der Waals surface area contributed by atoms with Gasteiger partial charge in [0.25, 0.3) is 11.6 Å². The van der Waals surface area contributed by atoms with Gasteiger partial charge in [-0.1, -0.05) is 11.3 Å². The van der Waals surface area contributed by atoms with Gasteiger partial charge in [-0.25, -0.2) is 0 Å². The summed E-state index contributed by atoms with van der Waals surface area (Å²) in [6, 6.07) is 4.42. The van der Waals surface area contributed by atoms with Gasteiger partial charge in [-0.2, -0.15) is 4.99 Å². The minimum absolute atomic E-state index is 0.0585. The Labute approximate surface area is 163 Å². The maximum absolute atomic E-state index is 12.3. The molecule has 1 aromatic heterocycles. The Hall–Kier alpha value is -2.92. The number of nitro groups is 1. The van der Waals surface area contributed by atoms with Crippen molar-refractivity contribution >= 4 is 45.0 Å². The molecule has 0 aliphatic carbocycles. The average Bonchev–Trinajstić information content (AvgIpc) is 3.15. The predicted octanol–water partition coefficient (Wildman–Crippen LogP) is 1.22. The summed E-state index contributed by atoms with van der Waals surface area (Å²) in [4.78, 5) is 51.5. The lowest BCUT2D eigenvalue weighted by atomic mass is 10.3. The summed E-state index contributed by atoms with van der Waals surface area (Å²) in [6.45, 7) is 2.76. The second-order valence-corrected chi connectivity index (χ2v) is 7.03. The molecule has 11 heteroatoms. The van der Waals surface area contributed by atoms with E-state index in [1.54, 1.807) is 10.6 Å². The number of imide groups is 1. The Morgan fingerprint density at radius 1 is 1.32 bits per heavy atom. The molecule has 3 rings (SSSR count). The number of nitro benzene ring substituents is 1. The van der Waals surface area contributed by atoms with Crippen LogP contribution in [-0.4, -0.2) is 51.9 Å². The zero-order valence-corrected chi connectivity index (χ0v) is 15.9. The molecular formula is C17H18N4O6S. The van der Waals surface area contributed by atoms with Gasteiger partial charge in [0.05, 0.1) is 21.7 Å². The maximum Gasteiger partial charge on any atom is 0.270 e. The number of rotatable bonds is 7. The molecule has 1 aromatic carbocycles. The van der Waals surface area contributed by atoms with Gasteiger partial charge in [0.1, 0.15) is 6.54 Å². The van der Waals surface area contributed by atoms with E-state index in [2.05, 4.69) is 4.99 Å². The molecule has 2 heterocycles. The third kappa shape index (κ3) is 4.15. The average molecular weight is 406 g/mol. The number of hydrogen-bond donors (Lipinski definition) is 0. The van der Waals surface area contributed by atoms with Crippen LogP contribution in [0, 0.1) is 10.1 Å². The van der Waals surface area contributed by atoms with Gasteiger partial charge < -0.3 is 9.30 Å². The number of non-ortho nitro benzene ring substituents is 1. The Kier molecular flexibility index (Phi) is 5.95. The number of hydrogen-bond acceptors (Lipinski definition) is 7. The van der Waals surface area contributed by atoms with E-state index >= 15 is 0 Å². The topological polar surface area (TPSA) is 124 Å². The first-order chi connectivity index (χ1) is 13.4. The molecule has 0 N–H and O–H groups in total. The van der Waals surface area contributed by atoms with Gasteiger partial charge in [0.15, 0.2) is 4.80 Å². The third-order valence-electron chi connectivity index (χ3n) is 4.21. The van der Waals surface area contributed by atoms with Crippen LogP contribution in [0.5, 0.6) is 0 Å². The second-order valence-electron chi connectivity index (χ2n) is 6.02. The quantitative estimate of drug-likeness (QED) is 0.295. The molecule has 0 bridgehead atoms. The number of aromatic nitrogens is 1. The highest BCUT2D eigenvalue weighted by Gasteiger charge is 2.30. The number of ether oxygens (including phenoxy) is 1. The smallest absolute Gasteiger partial charge is 0.270 e. The van der Waals surface area contributed by atoms with E-state index in [-0.39, 0.29) is 30.3 Å². The van der Waals surface area contributed by atoms with E-state index in [1.165, 1.54) is 12.1 Å². The number of likely N-dealkylation sites (tertiary alicyclic amines) is 1. The summed E-state index contributed by atoms with van der Waals surface area (Å²) < 4.78 is 7.71. The lowest BCUT2D eigenvalue weighted by molar-refractivity contribution is -0.384. The third-order valence-corrected chi connectivity index (χ3v) is 5.25. The number of benzene rings is 1. The van der Waals surface area contributed by atoms with E-state index in [0.29, 0.717) is 34.8 Å². The molecule has 0 saturated carbocycles. The highest BCUT2D eigenvalue weighted by molar-refractivity contribution is 7.16. The van der Waals surface area contributed by atoms with Crippen LogP contribution in [-0.2, 0) is 25.7 Å². The van der Waals surface area contributed by atoms with Crippen LogP contribution in [0.15, 0.2) is 23.2 Å². The van der Waals surface area contributed by atoms with Crippen LogP contribution in [0.25, 0.3) is 10.2 Å². The molecule has 0 spiro atoms. The van der Waals surface area contributed by atoms with E-state index in [1.807, 2.05) is 6.92 Å². The molecule has 1 aliphatic heterocycles. The van der Waals surface area contributed by atoms with Crippen molar-refractivity contribution in [1.29, 1.82) is 0 Å². The lowest BCUT2D eigenvalue weighted by Crippen LogP contribution is -2.34. The Morgan fingerprint density at radius 2 is 2.04 bits per heavy atom. The zero-order valence-electron chi connectivity index (χ0n) is 15.1. The fraction of sp³-hybridized carbons (Fsp3) is 0.412. The molecule has 0 radical (unpaired) electrons. The van der Waals surface area contributed by atoms with Gasteiger partial charge in [-0.15, -0.1) is 0 Å². The SMILES string of the molecule is CCOCCn1c(=NC(=O)CN2C(=O)CCC2=O)sc2cc([N+](=O)[O-])ccc21. The van der Waals surface area contributed by atoms with Gasteiger partial charge in [-0.05, 0) is 13.0 Å². The van der Waals surface area contributed by atoms with Crippen LogP contribution in [0.2, 0.25) is 0 Å². The Bertz CT molecular complexity index is 1010. The zero-order chi connectivity index (χ0) is 20.3. The minimum atomic E-state index is -0.630. The summed E-state index contributed by atoms with van der Waals surface area (Å²) in [5.74, 6) is -1.40. The van der Waals surface area contributed by atoms with Crippen molar-refractivity contribution in [3.8, 4) is 0 Å². The van der Waals surface area contributed by atoms with Gasteiger partial charge in [0, 0.05) is 38.1 Å². The van der Waals surface area contributed by atoms with Crippen LogP contribution >= 0.6 is 11.3 Å². The first-order valence-corrected chi connectivity index (χ1v) is 9.48. The molecule has 1 saturated heterocycles. The first kappa shape index (κ1) is 19.8. The molecule has 28 heavy (non-hydrogen) atoms. The molecule has 2 aromatic rings. The minimum Gasteiger partial charge on any atom is -0.380 e. The number of thiazole rings is 1. The molecule has 148 valence electrons. The van der Waals surface area contributed by atoms with Crippen LogP contribution in [0.3, 0.4) is 0 Å². The van der Waals surface area contributed by atoms with E-state index in [4.69, 9.17) is 4.74 Å². The number of carbonyl (C=O) groups is 3. The van der Waals surface area contributed by atoms with Gasteiger partial charge in [0.2, 0.25) is 11.8 Å². The van der Waals surface area contributed by atoms with Crippen molar-refractivity contribution in [3.05, 3.63) is 33.1 Å².